The van der Waals surface area contributed by atoms with Gasteiger partial charge >= 0.3 is 0 Å². The van der Waals surface area contributed by atoms with Crippen LogP contribution in [0.5, 0.6) is 0 Å². The molecule has 3 heteroatoms. The standard InChI is InChI=1S/C13H29N3/c1-4-15(12-13(2,3)11-14)9-10-16-7-5-6-8-16/h4-12,14H2,1-3H3. The molecule has 0 spiro atoms. The Labute approximate surface area is 101 Å². The van der Waals surface area contributed by atoms with E-state index in [1.807, 2.05) is 0 Å². The van der Waals surface area contributed by atoms with Gasteiger partial charge in [-0.05, 0) is 44.4 Å². The number of hydrogen-bond acceptors (Lipinski definition) is 3. The van der Waals surface area contributed by atoms with Gasteiger partial charge in [-0.2, -0.15) is 0 Å². The van der Waals surface area contributed by atoms with Gasteiger partial charge in [0.25, 0.3) is 0 Å². The normalized spacial score (nSPS) is 18.6. The summed E-state index contributed by atoms with van der Waals surface area (Å²) in [6.07, 6.45) is 2.78. The SMILES string of the molecule is CCN(CCN1CCCC1)CC(C)(C)CN. The Balaban J connectivity index is 2.25. The maximum atomic E-state index is 5.79. The van der Waals surface area contributed by atoms with Crippen molar-refractivity contribution in [1.29, 1.82) is 0 Å². The minimum Gasteiger partial charge on any atom is -0.330 e. The quantitative estimate of drug-likeness (QED) is 0.713. The zero-order chi connectivity index (χ0) is 12.0. The molecule has 96 valence electrons. The van der Waals surface area contributed by atoms with E-state index >= 15 is 0 Å². The summed E-state index contributed by atoms with van der Waals surface area (Å²) in [6.45, 7) is 14.8. The van der Waals surface area contributed by atoms with Crippen molar-refractivity contribution >= 4 is 0 Å². The lowest BCUT2D eigenvalue weighted by Crippen LogP contribution is -2.42. The topological polar surface area (TPSA) is 32.5 Å². The lowest BCUT2D eigenvalue weighted by atomic mass is 9.93. The van der Waals surface area contributed by atoms with Crippen molar-refractivity contribution in [2.24, 2.45) is 11.1 Å². The molecule has 0 bridgehead atoms. The van der Waals surface area contributed by atoms with Crippen LogP contribution in [0.15, 0.2) is 0 Å². The van der Waals surface area contributed by atoms with Crippen LogP contribution in [-0.4, -0.2) is 55.6 Å². The minimum atomic E-state index is 0.251. The van der Waals surface area contributed by atoms with E-state index in [9.17, 15) is 0 Å². The van der Waals surface area contributed by atoms with E-state index < -0.39 is 0 Å². The average molecular weight is 227 g/mol. The Morgan fingerprint density at radius 3 is 2.38 bits per heavy atom. The molecule has 0 saturated carbocycles. The van der Waals surface area contributed by atoms with E-state index in [1.165, 1.54) is 39.0 Å². The summed E-state index contributed by atoms with van der Waals surface area (Å²) in [7, 11) is 0. The molecule has 1 aliphatic heterocycles. The van der Waals surface area contributed by atoms with Crippen LogP contribution in [0.2, 0.25) is 0 Å². The first-order valence-electron chi connectivity index (χ1n) is 6.72. The Morgan fingerprint density at radius 1 is 1.25 bits per heavy atom. The van der Waals surface area contributed by atoms with Gasteiger partial charge in [0, 0.05) is 19.6 Å². The smallest absolute Gasteiger partial charge is 0.0109 e. The second-order valence-corrected chi connectivity index (χ2v) is 5.79. The highest BCUT2D eigenvalue weighted by atomic mass is 15.2. The molecular formula is C13H29N3. The fourth-order valence-electron chi connectivity index (χ4n) is 2.31. The molecule has 1 heterocycles. The summed E-state index contributed by atoms with van der Waals surface area (Å²) in [5.74, 6) is 0. The van der Waals surface area contributed by atoms with E-state index in [0.717, 1.165) is 19.6 Å². The van der Waals surface area contributed by atoms with Gasteiger partial charge in [-0.1, -0.05) is 20.8 Å². The average Bonchev–Trinajstić information content (AvgIpc) is 2.77. The summed E-state index contributed by atoms with van der Waals surface area (Å²) in [5, 5.41) is 0. The second kappa shape index (κ2) is 6.58. The number of rotatable bonds is 7. The summed E-state index contributed by atoms with van der Waals surface area (Å²) in [5.41, 5.74) is 6.04. The van der Waals surface area contributed by atoms with Crippen LogP contribution < -0.4 is 5.73 Å². The molecule has 1 aliphatic rings. The molecule has 16 heavy (non-hydrogen) atoms. The number of likely N-dealkylation sites (N-methyl/N-ethyl adjacent to an activating group) is 1. The minimum absolute atomic E-state index is 0.251. The van der Waals surface area contributed by atoms with Gasteiger partial charge in [0.1, 0.15) is 0 Å². The van der Waals surface area contributed by atoms with E-state index in [1.54, 1.807) is 0 Å². The van der Waals surface area contributed by atoms with E-state index in [4.69, 9.17) is 5.73 Å². The molecule has 0 atom stereocenters. The first-order chi connectivity index (χ1) is 7.57. The van der Waals surface area contributed by atoms with Gasteiger partial charge in [0.05, 0.1) is 0 Å². The van der Waals surface area contributed by atoms with E-state index in [-0.39, 0.29) is 5.41 Å². The number of likely N-dealkylation sites (tertiary alicyclic amines) is 1. The maximum Gasteiger partial charge on any atom is 0.0109 e. The molecule has 1 fully saturated rings. The van der Waals surface area contributed by atoms with Crippen LogP contribution in [0, 0.1) is 5.41 Å². The molecule has 2 N–H and O–H groups in total. The second-order valence-electron chi connectivity index (χ2n) is 5.79. The summed E-state index contributed by atoms with van der Waals surface area (Å²) in [6, 6.07) is 0. The molecule has 0 aromatic heterocycles. The molecular weight excluding hydrogens is 198 g/mol. The molecule has 0 unspecified atom stereocenters. The molecule has 1 rings (SSSR count). The van der Waals surface area contributed by atoms with Gasteiger partial charge in [-0.3, -0.25) is 0 Å². The Bertz CT molecular complexity index is 186. The summed E-state index contributed by atoms with van der Waals surface area (Å²) in [4.78, 5) is 5.11. The van der Waals surface area contributed by atoms with Crippen LogP contribution in [0.25, 0.3) is 0 Å². The fourth-order valence-corrected chi connectivity index (χ4v) is 2.31. The van der Waals surface area contributed by atoms with Gasteiger partial charge < -0.3 is 15.5 Å². The largest absolute Gasteiger partial charge is 0.330 e. The Hall–Kier alpha value is -0.120. The third-order valence-corrected chi connectivity index (χ3v) is 3.58. The third-order valence-electron chi connectivity index (χ3n) is 3.58. The Kier molecular flexibility index (Phi) is 5.73. The lowest BCUT2D eigenvalue weighted by molar-refractivity contribution is 0.170. The van der Waals surface area contributed by atoms with Crippen molar-refractivity contribution in [3.05, 3.63) is 0 Å². The predicted octanol–water partition coefficient (Wildman–Crippen LogP) is 1.39. The monoisotopic (exact) mass is 227 g/mol. The molecule has 1 saturated heterocycles. The number of nitrogens with zero attached hydrogens (tertiary/aromatic N) is 2. The first-order valence-corrected chi connectivity index (χ1v) is 6.72. The van der Waals surface area contributed by atoms with E-state index in [0.29, 0.717) is 0 Å². The highest BCUT2D eigenvalue weighted by Gasteiger charge is 2.20. The molecule has 0 aromatic rings. The lowest BCUT2D eigenvalue weighted by Gasteiger charge is -2.32. The number of hydrogen-bond donors (Lipinski definition) is 1. The van der Waals surface area contributed by atoms with Crippen LogP contribution >= 0.6 is 0 Å². The van der Waals surface area contributed by atoms with Crippen molar-refractivity contribution < 1.29 is 0 Å². The van der Waals surface area contributed by atoms with Crippen molar-refractivity contribution in [2.45, 2.75) is 33.6 Å². The first kappa shape index (κ1) is 13.9. The Morgan fingerprint density at radius 2 is 1.88 bits per heavy atom. The van der Waals surface area contributed by atoms with Gasteiger partial charge in [0.2, 0.25) is 0 Å². The zero-order valence-corrected chi connectivity index (χ0v) is 11.3. The van der Waals surface area contributed by atoms with Crippen LogP contribution in [0.3, 0.4) is 0 Å². The van der Waals surface area contributed by atoms with E-state index in [2.05, 4.69) is 30.6 Å². The zero-order valence-electron chi connectivity index (χ0n) is 11.3. The van der Waals surface area contributed by atoms with Gasteiger partial charge in [-0.15, -0.1) is 0 Å². The third kappa shape index (κ3) is 4.81. The van der Waals surface area contributed by atoms with Crippen molar-refractivity contribution in [3.8, 4) is 0 Å². The highest BCUT2D eigenvalue weighted by molar-refractivity contribution is 4.75. The molecule has 0 aliphatic carbocycles. The molecule has 0 radical (unpaired) electrons. The van der Waals surface area contributed by atoms with Crippen molar-refractivity contribution in [3.63, 3.8) is 0 Å². The van der Waals surface area contributed by atoms with Crippen LogP contribution in [0.4, 0.5) is 0 Å². The molecule has 0 aromatic carbocycles. The van der Waals surface area contributed by atoms with Gasteiger partial charge in [0.15, 0.2) is 0 Å². The molecule has 3 nitrogen and oxygen atoms in total. The van der Waals surface area contributed by atoms with Gasteiger partial charge in [-0.25, -0.2) is 0 Å². The van der Waals surface area contributed by atoms with Crippen LogP contribution in [0.1, 0.15) is 33.6 Å². The summed E-state index contributed by atoms with van der Waals surface area (Å²) < 4.78 is 0. The van der Waals surface area contributed by atoms with Crippen LogP contribution in [-0.2, 0) is 0 Å². The van der Waals surface area contributed by atoms with Crippen molar-refractivity contribution in [1.82, 2.24) is 9.80 Å². The predicted molar refractivity (Wildman–Crippen MR) is 70.6 cm³/mol. The highest BCUT2D eigenvalue weighted by Crippen LogP contribution is 2.15. The fraction of sp³-hybridized carbons (Fsp3) is 1.00. The number of nitrogens with two attached hydrogens (primary N) is 1. The summed E-state index contributed by atoms with van der Waals surface area (Å²) >= 11 is 0. The molecule has 0 amide bonds. The maximum absolute atomic E-state index is 5.79. The van der Waals surface area contributed by atoms with Crippen molar-refractivity contribution in [2.75, 3.05) is 45.8 Å².